The lowest BCUT2D eigenvalue weighted by atomic mass is 9.97. The van der Waals surface area contributed by atoms with Crippen molar-refractivity contribution < 1.29 is 4.79 Å². The Hall–Kier alpha value is -2.09. The third-order valence-corrected chi connectivity index (χ3v) is 2.84. The first-order valence-electron chi connectivity index (χ1n) is 5.56. The second-order valence-corrected chi connectivity index (χ2v) is 4.23. The molecular formula is C15H15NO. The monoisotopic (exact) mass is 225 g/mol. The summed E-state index contributed by atoms with van der Waals surface area (Å²) in [5.41, 5.74) is 9.69. The summed E-state index contributed by atoms with van der Waals surface area (Å²) in [7, 11) is 0. The van der Waals surface area contributed by atoms with Crippen molar-refractivity contribution in [1.82, 2.24) is 0 Å². The third-order valence-electron chi connectivity index (χ3n) is 2.84. The van der Waals surface area contributed by atoms with Crippen molar-refractivity contribution in [3.8, 4) is 0 Å². The Kier molecular flexibility index (Phi) is 2.96. The first-order chi connectivity index (χ1) is 8.09. The van der Waals surface area contributed by atoms with E-state index in [2.05, 4.69) is 0 Å². The van der Waals surface area contributed by atoms with Crippen molar-refractivity contribution in [3.63, 3.8) is 0 Å². The van der Waals surface area contributed by atoms with Gasteiger partial charge in [0.05, 0.1) is 0 Å². The Morgan fingerprint density at radius 1 is 1.00 bits per heavy atom. The number of nitrogens with two attached hydrogens (primary N) is 1. The predicted molar refractivity (Wildman–Crippen MR) is 70.2 cm³/mol. The molecule has 0 unspecified atom stereocenters. The van der Waals surface area contributed by atoms with E-state index in [1.54, 1.807) is 6.07 Å². The number of hydrogen-bond acceptors (Lipinski definition) is 2. The van der Waals surface area contributed by atoms with Gasteiger partial charge >= 0.3 is 0 Å². The highest BCUT2D eigenvalue weighted by molar-refractivity contribution is 6.12. The van der Waals surface area contributed by atoms with Gasteiger partial charge in [-0.3, -0.25) is 4.79 Å². The smallest absolute Gasteiger partial charge is 0.195 e. The topological polar surface area (TPSA) is 43.1 Å². The molecule has 0 aliphatic carbocycles. The number of benzene rings is 2. The standard InChI is InChI=1S/C15H15NO/c1-10-7-8-14(16)13(9-10)15(17)12-6-4-3-5-11(12)2/h3-9H,16H2,1-2H3. The van der Waals surface area contributed by atoms with Crippen molar-refractivity contribution in [1.29, 1.82) is 0 Å². The number of anilines is 1. The summed E-state index contributed by atoms with van der Waals surface area (Å²) in [5.74, 6) is -0.00991. The van der Waals surface area contributed by atoms with Crippen LogP contribution >= 0.6 is 0 Å². The maximum absolute atomic E-state index is 12.4. The Balaban J connectivity index is 2.51. The lowest BCUT2D eigenvalue weighted by molar-refractivity contribution is 0.103. The second-order valence-electron chi connectivity index (χ2n) is 4.23. The van der Waals surface area contributed by atoms with Crippen LogP contribution in [0.25, 0.3) is 0 Å². The molecule has 2 aromatic carbocycles. The molecule has 0 saturated heterocycles. The molecule has 17 heavy (non-hydrogen) atoms. The van der Waals surface area contributed by atoms with Crippen molar-refractivity contribution in [3.05, 3.63) is 64.7 Å². The number of ketones is 1. The number of carbonyl (C=O) groups is 1. The van der Waals surface area contributed by atoms with Crippen LogP contribution in [0.4, 0.5) is 5.69 Å². The van der Waals surface area contributed by atoms with Gasteiger partial charge in [0.25, 0.3) is 0 Å². The average molecular weight is 225 g/mol. The summed E-state index contributed by atoms with van der Waals surface area (Å²) in [6.07, 6.45) is 0. The molecule has 0 spiro atoms. The summed E-state index contributed by atoms with van der Waals surface area (Å²) in [6.45, 7) is 3.88. The molecule has 2 nitrogen and oxygen atoms in total. The van der Waals surface area contributed by atoms with Crippen LogP contribution in [-0.2, 0) is 0 Å². The van der Waals surface area contributed by atoms with Gasteiger partial charge in [-0.1, -0.05) is 35.9 Å². The number of rotatable bonds is 2. The molecule has 0 heterocycles. The summed E-state index contributed by atoms with van der Waals surface area (Å²) >= 11 is 0. The molecule has 0 aromatic heterocycles. The van der Waals surface area contributed by atoms with Crippen LogP contribution in [0.15, 0.2) is 42.5 Å². The maximum Gasteiger partial charge on any atom is 0.195 e. The van der Waals surface area contributed by atoms with Crippen molar-refractivity contribution in [2.75, 3.05) is 5.73 Å². The van der Waals surface area contributed by atoms with Crippen LogP contribution in [0.5, 0.6) is 0 Å². The van der Waals surface area contributed by atoms with Crippen molar-refractivity contribution >= 4 is 11.5 Å². The summed E-state index contributed by atoms with van der Waals surface area (Å²) in [6, 6.07) is 13.1. The van der Waals surface area contributed by atoms with Crippen LogP contribution in [0.2, 0.25) is 0 Å². The lowest BCUT2D eigenvalue weighted by Gasteiger charge is -2.08. The predicted octanol–water partition coefficient (Wildman–Crippen LogP) is 3.12. The average Bonchev–Trinajstić information content (AvgIpc) is 2.32. The highest BCUT2D eigenvalue weighted by atomic mass is 16.1. The number of hydrogen-bond donors (Lipinski definition) is 1. The molecule has 2 heteroatoms. The van der Waals surface area contributed by atoms with Crippen molar-refractivity contribution in [2.45, 2.75) is 13.8 Å². The summed E-state index contributed by atoms with van der Waals surface area (Å²) in [4.78, 5) is 12.4. The van der Waals surface area contributed by atoms with E-state index in [4.69, 9.17) is 5.73 Å². The molecule has 0 aliphatic rings. The van der Waals surface area contributed by atoms with Crippen molar-refractivity contribution in [2.24, 2.45) is 0 Å². The second kappa shape index (κ2) is 4.42. The van der Waals surface area contributed by atoms with E-state index < -0.39 is 0 Å². The largest absolute Gasteiger partial charge is 0.398 e. The Morgan fingerprint density at radius 2 is 1.71 bits per heavy atom. The van der Waals surface area contributed by atoms with E-state index in [-0.39, 0.29) is 5.78 Å². The van der Waals surface area contributed by atoms with Crippen LogP contribution in [-0.4, -0.2) is 5.78 Å². The van der Waals surface area contributed by atoms with Crippen LogP contribution in [0, 0.1) is 13.8 Å². The Labute approximate surface area is 101 Å². The van der Waals surface area contributed by atoms with E-state index in [9.17, 15) is 4.79 Å². The molecule has 0 bridgehead atoms. The molecule has 0 amide bonds. The molecule has 0 fully saturated rings. The highest BCUT2D eigenvalue weighted by Crippen LogP contribution is 2.20. The molecule has 2 rings (SSSR count). The Bertz CT molecular complexity index is 573. The zero-order chi connectivity index (χ0) is 12.4. The van der Waals surface area contributed by atoms with Crippen LogP contribution in [0.1, 0.15) is 27.0 Å². The van der Waals surface area contributed by atoms with Crippen LogP contribution in [0.3, 0.4) is 0 Å². The molecule has 0 atom stereocenters. The van der Waals surface area contributed by atoms with E-state index in [1.807, 2.05) is 50.2 Å². The van der Waals surface area contributed by atoms with Gasteiger partial charge in [-0.2, -0.15) is 0 Å². The fourth-order valence-electron chi connectivity index (χ4n) is 1.84. The van der Waals surface area contributed by atoms with E-state index in [1.165, 1.54) is 0 Å². The fourth-order valence-corrected chi connectivity index (χ4v) is 1.84. The molecule has 0 radical (unpaired) electrons. The molecule has 0 aliphatic heterocycles. The minimum atomic E-state index is -0.00991. The highest BCUT2D eigenvalue weighted by Gasteiger charge is 2.13. The fraction of sp³-hybridized carbons (Fsp3) is 0.133. The molecule has 2 aromatic rings. The van der Waals surface area contributed by atoms with Gasteiger partial charge in [0.15, 0.2) is 5.78 Å². The summed E-state index contributed by atoms with van der Waals surface area (Å²) in [5, 5.41) is 0. The number of aryl methyl sites for hydroxylation is 2. The van der Waals surface area contributed by atoms with Gasteiger partial charge in [0.2, 0.25) is 0 Å². The van der Waals surface area contributed by atoms with Gasteiger partial charge in [0.1, 0.15) is 0 Å². The van der Waals surface area contributed by atoms with Gasteiger partial charge < -0.3 is 5.73 Å². The van der Waals surface area contributed by atoms with Gasteiger partial charge in [0, 0.05) is 16.8 Å². The molecular weight excluding hydrogens is 210 g/mol. The summed E-state index contributed by atoms with van der Waals surface area (Å²) < 4.78 is 0. The molecule has 86 valence electrons. The van der Waals surface area contributed by atoms with E-state index >= 15 is 0 Å². The zero-order valence-electron chi connectivity index (χ0n) is 10.0. The first-order valence-corrected chi connectivity index (χ1v) is 5.56. The van der Waals surface area contributed by atoms with Gasteiger partial charge in [-0.05, 0) is 31.5 Å². The quantitative estimate of drug-likeness (QED) is 0.630. The zero-order valence-corrected chi connectivity index (χ0v) is 10.0. The molecule has 0 saturated carbocycles. The van der Waals surface area contributed by atoms with Gasteiger partial charge in [-0.25, -0.2) is 0 Å². The van der Waals surface area contributed by atoms with Gasteiger partial charge in [-0.15, -0.1) is 0 Å². The number of carbonyl (C=O) groups excluding carboxylic acids is 1. The lowest BCUT2D eigenvalue weighted by Crippen LogP contribution is -2.07. The minimum absolute atomic E-state index is 0.00991. The third kappa shape index (κ3) is 2.21. The van der Waals surface area contributed by atoms with Crippen LogP contribution < -0.4 is 5.73 Å². The molecule has 2 N–H and O–H groups in total. The minimum Gasteiger partial charge on any atom is -0.398 e. The van der Waals surface area contributed by atoms with E-state index in [0.717, 1.165) is 11.1 Å². The maximum atomic E-state index is 12.4. The SMILES string of the molecule is Cc1ccc(N)c(C(=O)c2ccccc2C)c1. The van der Waals surface area contributed by atoms with E-state index in [0.29, 0.717) is 16.8 Å². The normalized spacial score (nSPS) is 10.2. The Morgan fingerprint density at radius 3 is 2.41 bits per heavy atom. The first kappa shape index (κ1) is 11.4. The number of nitrogen functional groups attached to an aromatic ring is 1.